The van der Waals surface area contributed by atoms with Crippen molar-refractivity contribution in [3.63, 3.8) is 0 Å². The van der Waals surface area contributed by atoms with E-state index in [0.717, 1.165) is 11.3 Å². The standard InChI is InChI=1S/C15H14ClN3O3S2/c1-2-10-7-8-14(23-10)24(20,21)17-9-13-18-19-15(22-13)11-5-3-4-6-12(11)16/h3-8,17H,2,9H2,1H3. The summed E-state index contributed by atoms with van der Waals surface area (Å²) in [6.07, 6.45) is 0.797. The molecule has 0 saturated carbocycles. The molecule has 0 aliphatic rings. The number of rotatable bonds is 6. The van der Waals surface area contributed by atoms with Crippen molar-refractivity contribution < 1.29 is 12.8 Å². The first kappa shape index (κ1) is 17.1. The smallest absolute Gasteiger partial charge is 0.250 e. The van der Waals surface area contributed by atoms with Gasteiger partial charge >= 0.3 is 0 Å². The van der Waals surface area contributed by atoms with Crippen LogP contribution < -0.4 is 4.72 Å². The summed E-state index contributed by atoms with van der Waals surface area (Å²) in [7, 11) is -3.60. The van der Waals surface area contributed by atoms with Crippen molar-refractivity contribution in [1.82, 2.24) is 14.9 Å². The topological polar surface area (TPSA) is 85.1 Å². The van der Waals surface area contributed by atoms with Gasteiger partial charge in [-0.25, -0.2) is 13.1 Å². The zero-order valence-electron chi connectivity index (χ0n) is 12.7. The summed E-state index contributed by atoms with van der Waals surface area (Å²) in [6.45, 7) is 1.89. The maximum Gasteiger partial charge on any atom is 0.250 e. The SMILES string of the molecule is CCc1ccc(S(=O)(=O)NCc2nnc(-c3ccccc3Cl)o2)s1. The fraction of sp³-hybridized carbons (Fsp3) is 0.200. The van der Waals surface area contributed by atoms with Crippen LogP contribution in [0.1, 0.15) is 17.7 Å². The maximum absolute atomic E-state index is 12.3. The Morgan fingerprint density at radius 3 is 2.71 bits per heavy atom. The molecule has 9 heteroatoms. The summed E-state index contributed by atoms with van der Waals surface area (Å²) in [5.41, 5.74) is 0.603. The van der Waals surface area contributed by atoms with Crippen LogP contribution in [0, 0.1) is 0 Å². The van der Waals surface area contributed by atoms with Crippen LogP contribution in [0.2, 0.25) is 5.02 Å². The molecule has 0 radical (unpaired) electrons. The van der Waals surface area contributed by atoms with Gasteiger partial charge in [-0.2, -0.15) is 0 Å². The van der Waals surface area contributed by atoms with Crippen molar-refractivity contribution in [2.45, 2.75) is 24.1 Å². The van der Waals surface area contributed by atoms with E-state index >= 15 is 0 Å². The van der Waals surface area contributed by atoms with E-state index in [9.17, 15) is 8.42 Å². The third kappa shape index (κ3) is 3.67. The van der Waals surface area contributed by atoms with Crippen LogP contribution in [0.15, 0.2) is 45.0 Å². The molecule has 1 N–H and O–H groups in total. The lowest BCUT2D eigenvalue weighted by molar-refractivity contribution is 0.494. The number of hydrogen-bond acceptors (Lipinski definition) is 6. The van der Waals surface area contributed by atoms with E-state index in [1.165, 1.54) is 11.3 Å². The predicted molar refractivity (Wildman–Crippen MR) is 92.5 cm³/mol. The molecular weight excluding hydrogens is 370 g/mol. The summed E-state index contributed by atoms with van der Waals surface area (Å²) < 4.78 is 32.7. The lowest BCUT2D eigenvalue weighted by Crippen LogP contribution is -2.22. The molecule has 0 saturated heterocycles. The lowest BCUT2D eigenvalue weighted by Gasteiger charge is -2.01. The second-order valence-electron chi connectivity index (χ2n) is 4.88. The van der Waals surface area contributed by atoms with E-state index in [-0.39, 0.29) is 22.5 Å². The second-order valence-corrected chi connectivity index (χ2v) is 8.45. The van der Waals surface area contributed by atoms with Gasteiger partial charge in [0.2, 0.25) is 11.8 Å². The number of hydrogen-bond donors (Lipinski definition) is 1. The largest absolute Gasteiger partial charge is 0.419 e. The van der Waals surface area contributed by atoms with Crippen molar-refractivity contribution in [2.75, 3.05) is 0 Å². The molecule has 0 aliphatic heterocycles. The van der Waals surface area contributed by atoms with Crippen LogP contribution in [0.25, 0.3) is 11.5 Å². The zero-order chi connectivity index (χ0) is 17.2. The van der Waals surface area contributed by atoms with Gasteiger partial charge in [0.1, 0.15) is 4.21 Å². The molecule has 0 bridgehead atoms. The summed E-state index contributed by atoms with van der Waals surface area (Å²) >= 11 is 7.32. The number of sulfonamides is 1. The number of thiophene rings is 1. The molecular formula is C15H14ClN3O3S2. The molecule has 24 heavy (non-hydrogen) atoms. The van der Waals surface area contributed by atoms with Gasteiger partial charge in [0.25, 0.3) is 10.0 Å². The van der Waals surface area contributed by atoms with Gasteiger partial charge in [0, 0.05) is 4.88 Å². The number of benzene rings is 1. The van der Waals surface area contributed by atoms with Crippen molar-refractivity contribution in [2.24, 2.45) is 0 Å². The summed E-state index contributed by atoms with van der Waals surface area (Å²) in [6, 6.07) is 10.5. The van der Waals surface area contributed by atoms with E-state index in [4.69, 9.17) is 16.0 Å². The minimum absolute atomic E-state index is 0.0842. The molecule has 0 aliphatic carbocycles. The van der Waals surface area contributed by atoms with Crippen LogP contribution in [0.4, 0.5) is 0 Å². The van der Waals surface area contributed by atoms with Gasteiger partial charge in [0.15, 0.2) is 0 Å². The Balaban J connectivity index is 1.72. The van der Waals surface area contributed by atoms with E-state index in [1.807, 2.05) is 6.92 Å². The van der Waals surface area contributed by atoms with Crippen molar-refractivity contribution in [3.05, 3.63) is 52.2 Å². The van der Waals surface area contributed by atoms with Gasteiger partial charge in [-0.1, -0.05) is 30.7 Å². The van der Waals surface area contributed by atoms with Gasteiger partial charge in [-0.05, 0) is 30.7 Å². The lowest BCUT2D eigenvalue weighted by atomic mass is 10.2. The molecule has 0 atom stereocenters. The summed E-state index contributed by atoms with van der Waals surface area (Å²) in [4.78, 5) is 1.01. The molecule has 0 amide bonds. The summed E-state index contributed by atoms with van der Waals surface area (Å²) in [5.74, 6) is 0.417. The van der Waals surface area contributed by atoms with Crippen LogP contribution in [0.5, 0.6) is 0 Å². The van der Waals surface area contributed by atoms with Crippen LogP contribution >= 0.6 is 22.9 Å². The normalized spacial score (nSPS) is 11.8. The third-order valence-corrected chi connectivity index (χ3v) is 6.69. The highest BCUT2D eigenvalue weighted by molar-refractivity contribution is 7.91. The van der Waals surface area contributed by atoms with Gasteiger partial charge in [-0.15, -0.1) is 21.5 Å². The number of nitrogens with zero attached hydrogens (tertiary/aromatic N) is 2. The Morgan fingerprint density at radius 2 is 2.00 bits per heavy atom. The minimum Gasteiger partial charge on any atom is -0.419 e. The van der Waals surface area contributed by atoms with Crippen LogP contribution in [-0.2, 0) is 23.0 Å². The Morgan fingerprint density at radius 1 is 1.21 bits per heavy atom. The number of halogens is 1. The molecule has 126 valence electrons. The monoisotopic (exact) mass is 383 g/mol. The molecule has 0 spiro atoms. The summed E-state index contributed by atoms with van der Waals surface area (Å²) in [5, 5.41) is 8.24. The van der Waals surface area contributed by atoms with Crippen LogP contribution in [0.3, 0.4) is 0 Å². The number of nitrogens with one attached hydrogen (secondary N) is 1. The average Bonchev–Trinajstić information content (AvgIpc) is 3.23. The Hall–Kier alpha value is -1.74. The van der Waals surface area contributed by atoms with Crippen molar-refractivity contribution >= 4 is 33.0 Å². The van der Waals surface area contributed by atoms with Crippen LogP contribution in [-0.4, -0.2) is 18.6 Å². The molecule has 3 rings (SSSR count). The first-order valence-electron chi connectivity index (χ1n) is 7.15. The zero-order valence-corrected chi connectivity index (χ0v) is 15.1. The van der Waals surface area contributed by atoms with E-state index in [2.05, 4.69) is 14.9 Å². The molecule has 2 aromatic heterocycles. The van der Waals surface area contributed by atoms with E-state index < -0.39 is 10.0 Å². The Bertz CT molecular complexity index is 950. The molecule has 6 nitrogen and oxygen atoms in total. The maximum atomic E-state index is 12.3. The first-order chi connectivity index (χ1) is 11.5. The first-order valence-corrected chi connectivity index (χ1v) is 9.83. The van der Waals surface area contributed by atoms with Crippen molar-refractivity contribution in [3.8, 4) is 11.5 Å². The van der Waals surface area contributed by atoms with Gasteiger partial charge in [-0.3, -0.25) is 0 Å². The fourth-order valence-electron chi connectivity index (χ4n) is 1.99. The molecule has 3 aromatic rings. The molecule has 1 aromatic carbocycles. The number of aryl methyl sites for hydroxylation is 1. The highest BCUT2D eigenvalue weighted by Gasteiger charge is 2.18. The minimum atomic E-state index is -3.60. The molecule has 0 fully saturated rings. The fourth-order valence-corrected chi connectivity index (χ4v) is 4.52. The number of aromatic nitrogens is 2. The Labute approximate surface area is 148 Å². The average molecular weight is 384 g/mol. The Kier molecular flexibility index (Phi) is 5.00. The highest BCUT2D eigenvalue weighted by Crippen LogP contribution is 2.26. The van der Waals surface area contributed by atoms with Gasteiger partial charge in [0.05, 0.1) is 17.1 Å². The molecule has 0 unspecified atom stereocenters. The second kappa shape index (κ2) is 7.02. The van der Waals surface area contributed by atoms with Crippen molar-refractivity contribution in [1.29, 1.82) is 0 Å². The highest BCUT2D eigenvalue weighted by atomic mass is 35.5. The predicted octanol–water partition coefficient (Wildman–Crippen LogP) is 3.49. The quantitative estimate of drug-likeness (QED) is 0.704. The third-order valence-electron chi connectivity index (χ3n) is 3.23. The molecule has 2 heterocycles. The van der Waals surface area contributed by atoms with E-state index in [0.29, 0.717) is 10.6 Å². The van der Waals surface area contributed by atoms with E-state index in [1.54, 1.807) is 36.4 Å². The van der Waals surface area contributed by atoms with Gasteiger partial charge < -0.3 is 4.42 Å².